The van der Waals surface area contributed by atoms with E-state index in [0.717, 1.165) is 23.9 Å². The van der Waals surface area contributed by atoms with E-state index in [0.29, 0.717) is 6.04 Å². The van der Waals surface area contributed by atoms with Gasteiger partial charge in [0.1, 0.15) is 18.0 Å². The molecule has 0 amide bonds. The first kappa shape index (κ1) is 11.5. The standard InChI is InChI=1S/C11H18N4S/c16-6-5-12-10-7-11(14-8-13-10)15-9-3-1-2-4-9/h7-9,16H,1-6H2,(H2,12,13,14,15). The molecule has 1 aromatic rings. The van der Waals surface area contributed by atoms with Gasteiger partial charge in [0.15, 0.2) is 0 Å². The number of nitrogens with zero attached hydrogens (tertiary/aromatic N) is 2. The van der Waals surface area contributed by atoms with E-state index in [1.54, 1.807) is 6.33 Å². The van der Waals surface area contributed by atoms with Crippen LogP contribution in [0.3, 0.4) is 0 Å². The van der Waals surface area contributed by atoms with E-state index in [4.69, 9.17) is 0 Å². The molecule has 0 spiro atoms. The summed E-state index contributed by atoms with van der Waals surface area (Å²) in [5.41, 5.74) is 0. The molecule has 0 aromatic carbocycles. The highest BCUT2D eigenvalue weighted by molar-refractivity contribution is 7.80. The molecule has 5 heteroatoms. The Labute approximate surface area is 102 Å². The lowest BCUT2D eigenvalue weighted by Gasteiger charge is -2.13. The monoisotopic (exact) mass is 238 g/mol. The van der Waals surface area contributed by atoms with Gasteiger partial charge < -0.3 is 10.6 Å². The lowest BCUT2D eigenvalue weighted by Crippen LogP contribution is -2.16. The minimum atomic E-state index is 0.590. The van der Waals surface area contributed by atoms with Crippen molar-refractivity contribution in [1.29, 1.82) is 0 Å². The van der Waals surface area contributed by atoms with E-state index in [1.807, 2.05) is 6.07 Å². The summed E-state index contributed by atoms with van der Waals surface area (Å²) in [5.74, 6) is 2.59. The van der Waals surface area contributed by atoms with E-state index in [9.17, 15) is 0 Å². The molecule has 0 bridgehead atoms. The molecule has 1 aromatic heterocycles. The quantitative estimate of drug-likeness (QED) is 0.688. The minimum absolute atomic E-state index is 0.590. The van der Waals surface area contributed by atoms with Crippen molar-refractivity contribution in [3.05, 3.63) is 12.4 Å². The van der Waals surface area contributed by atoms with Crippen LogP contribution in [0.15, 0.2) is 12.4 Å². The van der Waals surface area contributed by atoms with Gasteiger partial charge in [-0.3, -0.25) is 0 Å². The summed E-state index contributed by atoms with van der Waals surface area (Å²) in [7, 11) is 0. The molecular formula is C11H18N4S. The Kier molecular flexibility index (Phi) is 4.27. The van der Waals surface area contributed by atoms with Gasteiger partial charge in [0.2, 0.25) is 0 Å². The zero-order chi connectivity index (χ0) is 11.2. The average molecular weight is 238 g/mol. The van der Waals surface area contributed by atoms with E-state index in [2.05, 4.69) is 33.2 Å². The number of anilines is 2. The molecule has 1 aliphatic rings. The van der Waals surface area contributed by atoms with Gasteiger partial charge in [-0.2, -0.15) is 12.6 Å². The molecule has 1 saturated carbocycles. The van der Waals surface area contributed by atoms with Crippen LogP contribution in [-0.2, 0) is 0 Å². The predicted molar refractivity (Wildman–Crippen MR) is 70.3 cm³/mol. The number of hydrogen-bond acceptors (Lipinski definition) is 5. The Bertz CT molecular complexity index is 326. The largest absolute Gasteiger partial charge is 0.369 e. The highest BCUT2D eigenvalue weighted by Gasteiger charge is 2.14. The van der Waals surface area contributed by atoms with Crippen LogP contribution < -0.4 is 10.6 Å². The number of aromatic nitrogens is 2. The highest BCUT2D eigenvalue weighted by Crippen LogP contribution is 2.21. The van der Waals surface area contributed by atoms with Crippen LogP contribution in [0, 0.1) is 0 Å². The predicted octanol–water partition coefficient (Wildman–Crippen LogP) is 2.17. The molecule has 0 atom stereocenters. The van der Waals surface area contributed by atoms with E-state index in [-0.39, 0.29) is 0 Å². The second kappa shape index (κ2) is 5.94. The maximum Gasteiger partial charge on any atom is 0.131 e. The van der Waals surface area contributed by atoms with Gasteiger partial charge in [-0.15, -0.1) is 0 Å². The van der Waals surface area contributed by atoms with Gasteiger partial charge in [0, 0.05) is 24.4 Å². The Morgan fingerprint density at radius 1 is 1.25 bits per heavy atom. The summed E-state index contributed by atoms with van der Waals surface area (Å²) in [6.07, 6.45) is 6.76. The summed E-state index contributed by atoms with van der Waals surface area (Å²) in [6, 6.07) is 2.55. The molecule has 2 N–H and O–H groups in total. The van der Waals surface area contributed by atoms with E-state index in [1.165, 1.54) is 25.7 Å². The van der Waals surface area contributed by atoms with Crippen LogP contribution in [0.1, 0.15) is 25.7 Å². The number of nitrogens with one attached hydrogen (secondary N) is 2. The second-order valence-electron chi connectivity index (χ2n) is 4.06. The van der Waals surface area contributed by atoms with Crippen molar-refractivity contribution in [2.24, 2.45) is 0 Å². The summed E-state index contributed by atoms with van der Waals surface area (Å²) in [6.45, 7) is 0.822. The maximum absolute atomic E-state index is 4.23. The summed E-state index contributed by atoms with van der Waals surface area (Å²) in [5, 5.41) is 6.64. The molecule has 0 radical (unpaired) electrons. The first-order chi connectivity index (χ1) is 7.88. The minimum Gasteiger partial charge on any atom is -0.369 e. The molecule has 1 fully saturated rings. The number of hydrogen-bond donors (Lipinski definition) is 3. The summed E-state index contributed by atoms with van der Waals surface area (Å²) in [4.78, 5) is 8.38. The Morgan fingerprint density at radius 3 is 2.75 bits per heavy atom. The van der Waals surface area contributed by atoms with Crippen molar-refractivity contribution in [2.75, 3.05) is 22.9 Å². The van der Waals surface area contributed by atoms with Crippen LogP contribution in [0.2, 0.25) is 0 Å². The van der Waals surface area contributed by atoms with Crippen molar-refractivity contribution in [3.8, 4) is 0 Å². The number of rotatable bonds is 5. The van der Waals surface area contributed by atoms with Gasteiger partial charge in [-0.05, 0) is 12.8 Å². The first-order valence-electron chi connectivity index (χ1n) is 5.82. The smallest absolute Gasteiger partial charge is 0.131 e. The number of thiol groups is 1. The third kappa shape index (κ3) is 3.27. The molecule has 2 rings (SSSR count). The highest BCUT2D eigenvalue weighted by atomic mass is 32.1. The van der Waals surface area contributed by atoms with Crippen LogP contribution in [0.4, 0.5) is 11.6 Å². The van der Waals surface area contributed by atoms with Crippen molar-refractivity contribution in [3.63, 3.8) is 0 Å². The Balaban J connectivity index is 1.92. The first-order valence-corrected chi connectivity index (χ1v) is 6.45. The summed E-state index contributed by atoms with van der Waals surface area (Å²) < 4.78 is 0. The second-order valence-corrected chi connectivity index (χ2v) is 4.51. The Hall–Kier alpha value is -0.970. The van der Waals surface area contributed by atoms with Gasteiger partial charge in [0.05, 0.1) is 0 Å². The Morgan fingerprint density at radius 2 is 2.00 bits per heavy atom. The lowest BCUT2D eigenvalue weighted by molar-refractivity contribution is 0.750. The van der Waals surface area contributed by atoms with Gasteiger partial charge in [-0.1, -0.05) is 12.8 Å². The van der Waals surface area contributed by atoms with Crippen molar-refractivity contribution < 1.29 is 0 Å². The van der Waals surface area contributed by atoms with Crippen LogP contribution in [0.5, 0.6) is 0 Å². The van der Waals surface area contributed by atoms with E-state index < -0.39 is 0 Å². The molecular weight excluding hydrogens is 220 g/mol. The molecule has 4 nitrogen and oxygen atoms in total. The van der Waals surface area contributed by atoms with Crippen LogP contribution in [0.25, 0.3) is 0 Å². The molecule has 16 heavy (non-hydrogen) atoms. The molecule has 0 unspecified atom stereocenters. The zero-order valence-electron chi connectivity index (χ0n) is 9.32. The van der Waals surface area contributed by atoms with Crippen molar-refractivity contribution >= 4 is 24.3 Å². The SMILES string of the molecule is SCCNc1cc(NC2CCCC2)ncn1. The molecule has 1 aliphatic carbocycles. The molecule has 88 valence electrons. The molecule has 1 heterocycles. The fraction of sp³-hybridized carbons (Fsp3) is 0.636. The van der Waals surface area contributed by atoms with E-state index >= 15 is 0 Å². The van der Waals surface area contributed by atoms with Crippen LogP contribution in [-0.4, -0.2) is 28.3 Å². The van der Waals surface area contributed by atoms with Crippen molar-refractivity contribution in [1.82, 2.24) is 9.97 Å². The van der Waals surface area contributed by atoms with Gasteiger partial charge in [-0.25, -0.2) is 9.97 Å². The maximum atomic E-state index is 4.23. The fourth-order valence-corrected chi connectivity index (χ4v) is 2.11. The third-order valence-electron chi connectivity index (χ3n) is 2.79. The fourth-order valence-electron chi connectivity index (χ4n) is 2.00. The van der Waals surface area contributed by atoms with Crippen LogP contribution >= 0.6 is 12.6 Å². The summed E-state index contributed by atoms with van der Waals surface area (Å²) >= 11 is 4.15. The normalized spacial score (nSPS) is 16.3. The van der Waals surface area contributed by atoms with Crippen molar-refractivity contribution in [2.45, 2.75) is 31.7 Å². The molecule has 0 saturated heterocycles. The average Bonchev–Trinajstić information content (AvgIpc) is 2.80. The lowest BCUT2D eigenvalue weighted by atomic mass is 10.2. The zero-order valence-corrected chi connectivity index (χ0v) is 10.2. The van der Waals surface area contributed by atoms with Gasteiger partial charge in [0.25, 0.3) is 0 Å². The third-order valence-corrected chi connectivity index (χ3v) is 3.02. The van der Waals surface area contributed by atoms with Gasteiger partial charge >= 0.3 is 0 Å². The topological polar surface area (TPSA) is 49.8 Å². The molecule has 0 aliphatic heterocycles.